The van der Waals surface area contributed by atoms with Gasteiger partial charge in [0.05, 0.1) is 12.3 Å². The first kappa shape index (κ1) is 14.9. The van der Waals surface area contributed by atoms with Crippen LogP contribution in [-0.2, 0) is 16.0 Å². The van der Waals surface area contributed by atoms with Crippen molar-refractivity contribution in [2.45, 2.75) is 32.2 Å². The fourth-order valence-corrected chi connectivity index (χ4v) is 2.77. The van der Waals surface area contributed by atoms with Gasteiger partial charge in [-0.05, 0) is 37.5 Å². The van der Waals surface area contributed by atoms with E-state index in [9.17, 15) is 9.59 Å². The Morgan fingerprint density at radius 1 is 1.35 bits per heavy atom. The molecule has 4 nitrogen and oxygen atoms in total. The number of carbonyl (C=O) groups excluding carboxylic acids is 1. The van der Waals surface area contributed by atoms with Crippen molar-refractivity contribution in [3.63, 3.8) is 0 Å². The largest absolute Gasteiger partial charge is 0.481 e. The number of halogens is 1. The Kier molecular flexibility index (Phi) is 4.65. The molecule has 20 heavy (non-hydrogen) atoms. The van der Waals surface area contributed by atoms with Gasteiger partial charge >= 0.3 is 5.97 Å². The number of likely N-dealkylation sites (tertiary alicyclic amines) is 1. The second-order valence-electron chi connectivity index (χ2n) is 5.30. The molecule has 0 bridgehead atoms. The van der Waals surface area contributed by atoms with Gasteiger partial charge in [-0.25, -0.2) is 0 Å². The minimum Gasteiger partial charge on any atom is -0.481 e. The predicted octanol–water partition coefficient (Wildman–Crippen LogP) is 2.59. The molecular formula is C15H18ClNO3. The summed E-state index contributed by atoms with van der Waals surface area (Å²) >= 11 is 5.81. The van der Waals surface area contributed by atoms with E-state index in [1.165, 1.54) is 0 Å². The molecule has 1 aliphatic heterocycles. The van der Waals surface area contributed by atoms with E-state index in [0.717, 1.165) is 5.56 Å². The van der Waals surface area contributed by atoms with Crippen LogP contribution in [0, 0.1) is 5.92 Å². The van der Waals surface area contributed by atoms with Gasteiger partial charge in [-0.2, -0.15) is 0 Å². The fourth-order valence-electron chi connectivity index (χ4n) is 2.65. The van der Waals surface area contributed by atoms with Crippen LogP contribution in [0.2, 0.25) is 5.02 Å². The summed E-state index contributed by atoms with van der Waals surface area (Å²) in [4.78, 5) is 25.1. The molecule has 1 fully saturated rings. The van der Waals surface area contributed by atoms with Gasteiger partial charge in [-0.3, -0.25) is 9.59 Å². The molecule has 0 saturated carbocycles. The lowest BCUT2D eigenvalue weighted by atomic mass is 9.91. The van der Waals surface area contributed by atoms with Gasteiger partial charge in [0.1, 0.15) is 0 Å². The molecule has 0 spiro atoms. The Balaban J connectivity index is 1.96. The number of carboxylic acid groups (broad SMARTS) is 1. The van der Waals surface area contributed by atoms with E-state index in [-0.39, 0.29) is 17.9 Å². The van der Waals surface area contributed by atoms with Crippen molar-refractivity contribution in [2.75, 3.05) is 6.54 Å². The molecule has 108 valence electrons. The summed E-state index contributed by atoms with van der Waals surface area (Å²) in [7, 11) is 0. The van der Waals surface area contributed by atoms with Crippen LogP contribution < -0.4 is 0 Å². The zero-order valence-electron chi connectivity index (χ0n) is 11.4. The van der Waals surface area contributed by atoms with Crippen molar-refractivity contribution >= 4 is 23.5 Å². The van der Waals surface area contributed by atoms with Crippen LogP contribution in [0.5, 0.6) is 0 Å². The normalized spacial score (nSPS) is 22.6. The van der Waals surface area contributed by atoms with Crippen molar-refractivity contribution in [3.05, 3.63) is 34.9 Å². The van der Waals surface area contributed by atoms with E-state index < -0.39 is 5.97 Å². The second-order valence-corrected chi connectivity index (χ2v) is 5.74. The highest BCUT2D eigenvalue weighted by atomic mass is 35.5. The monoisotopic (exact) mass is 295 g/mol. The van der Waals surface area contributed by atoms with Gasteiger partial charge < -0.3 is 10.0 Å². The molecule has 0 aromatic heterocycles. The van der Waals surface area contributed by atoms with Crippen LogP contribution in [0.3, 0.4) is 0 Å². The zero-order chi connectivity index (χ0) is 14.7. The molecule has 1 saturated heterocycles. The molecule has 2 atom stereocenters. The highest BCUT2D eigenvalue weighted by molar-refractivity contribution is 6.30. The van der Waals surface area contributed by atoms with Gasteiger partial charge in [0.15, 0.2) is 0 Å². The number of nitrogens with zero attached hydrogens (tertiary/aromatic N) is 1. The predicted molar refractivity (Wildman–Crippen MR) is 76.7 cm³/mol. The van der Waals surface area contributed by atoms with Gasteiger partial charge in [-0.1, -0.05) is 23.7 Å². The summed E-state index contributed by atoms with van der Waals surface area (Å²) in [5.74, 6) is -1.05. The summed E-state index contributed by atoms with van der Waals surface area (Å²) in [6.07, 6.45) is 1.40. The van der Waals surface area contributed by atoms with Crippen molar-refractivity contribution in [1.82, 2.24) is 4.90 Å². The average molecular weight is 296 g/mol. The number of benzene rings is 1. The smallest absolute Gasteiger partial charge is 0.306 e. The first-order valence-electron chi connectivity index (χ1n) is 6.74. The number of hydrogen-bond donors (Lipinski definition) is 1. The minimum absolute atomic E-state index is 0.0235. The Morgan fingerprint density at radius 2 is 2.00 bits per heavy atom. The maximum Gasteiger partial charge on any atom is 0.306 e. The minimum atomic E-state index is -0.762. The lowest BCUT2D eigenvalue weighted by Crippen LogP contribution is -2.46. The number of hydrogen-bond acceptors (Lipinski definition) is 2. The molecule has 2 unspecified atom stereocenters. The molecule has 5 heteroatoms. The number of aliphatic carboxylic acids is 1. The summed E-state index contributed by atoms with van der Waals surface area (Å²) < 4.78 is 0. The molecule has 0 aliphatic carbocycles. The van der Waals surface area contributed by atoms with Crippen LogP contribution in [0.25, 0.3) is 0 Å². The molecule has 1 aromatic carbocycles. The Morgan fingerprint density at radius 3 is 2.55 bits per heavy atom. The maximum absolute atomic E-state index is 12.3. The lowest BCUT2D eigenvalue weighted by Gasteiger charge is -2.36. The fraction of sp³-hybridized carbons (Fsp3) is 0.467. The average Bonchev–Trinajstić information content (AvgIpc) is 2.41. The number of carbonyl (C=O) groups is 2. The number of piperidine rings is 1. The summed E-state index contributed by atoms with van der Waals surface area (Å²) in [6.45, 7) is 2.43. The summed E-state index contributed by atoms with van der Waals surface area (Å²) in [6, 6.07) is 7.20. The first-order valence-corrected chi connectivity index (χ1v) is 7.12. The molecule has 1 heterocycles. The second kappa shape index (κ2) is 6.27. The summed E-state index contributed by atoms with van der Waals surface area (Å²) in [5.41, 5.74) is 0.923. The van der Waals surface area contributed by atoms with E-state index in [1.807, 2.05) is 19.1 Å². The zero-order valence-corrected chi connectivity index (χ0v) is 12.1. The third-order valence-electron chi connectivity index (χ3n) is 3.81. The van der Waals surface area contributed by atoms with Gasteiger partial charge in [0, 0.05) is 17.6 Å². The third kappa shape index (κ3) is 3.51. The molecule has 1 N–H and O–H groups in total. The molecule has 1 amide bonds. The highest BCUT2D eigenvalue weighted by Crippen LogP contribution is 2.23. The Labute approximate surface area is 123 Å². The number of rotatable bonds is 3. The van der Waals surface area contributed by atoms with E-state index in [1.54, 1.807) is 17.0 Å². The number of amides is 1. The quantitative estimate of drug-likeness (QED) is 0.932. The van der Waals surface area contributed by atoms with Crippen LogP contribution in [-0.4, -0.2) is 34.5 Å². The van der Waals surface area contributed by atoms with Crippen molar-refractivity contribution in [2.24, 2.45) is 5.92 Å². The van der Waals surface area contributed by atoms with Crippen molar-refractivity contribution in [1.29, 1.82) is 0 Å². The van der Waals surface area contributed by atoms with E-state index in [4.69, 9.17) is 16.7 Å². The molecule has 1 aromatic rings. The Bertz CT molecular complexity index is 500. The van der Waals surface area contributed by atoms with Crippen LogP contribution >= 0.6 is 11.6 Å². The molecule has 0 radical (unpaired) electrons. The maximum atomic E-state index is 12.3. The van der Waals surface area contributed by atoms with Crippen LogP contribution in [0.1, 0.15) is 25.3 Å². The van der Waals surface area contributed by atoms with Gasteiger partial charge in [0.25, 0.3) is 0 Å². The molecule has 1 aliphatic rings. The first-order chi connectivity index (χ1) is 9.47. The highest BCUT2D eigenvalue weighted by Gasteiger charge is 2.31. The van der Waals surface area contributed by atoms with E-state index in [2.05, 4.69) is 0 Å². The number of carboxylic acids is 1. The van der Waals surface area contributed by atoms with Gasteiger partial charge in [-0.15, -0.1) is 0 Å². The topological polar surface area (TPSA) is 57.6 Å². The van der Waals surface area contributed by atoms with Gasteiger partial charge in [0.2, 0.25) is 5.91 Å². The third-order valence-corrected chi connectivity index (χ3v) is 4.07. The van der Waals surface area contributed by atoms with E-state index >= 15 is 0 Å². The van der Waals surface area contributed by atoms with Crippen LogP contribution in [0.15, 0.2) is 24.3 Å². The molecular weight excluding hydrogens is 278 g/mol. The molecule has 2 rings (SSSR count). The Hall–Kier alpha value is -1.55. The summed E-state index contributed by atoms with van der Waals surface area (Å²) in [5, 5.41) is 9.68. The lowest BCUT2D eigenvalue weighted by molar-refractivity contribution is -0.147. The van der Waals surface area contributed by atoms with Crippen molar-refractivity contribution < 1.29 is 14.7 Å². The SMILES string of the molecule is CC1CC(C(=O)O)CCN1C(=O)Cc1ccc(Cl)cc1. The van der Waals surface area contributed by atoms with Crippen LogP contribution in [0.4, 0.5) is 0 Å². The standard InChI is InChI=1S/C15H18ClNO3/c1-10-8-12(15(19)20)6-7-17(10)14(18)9-11-2-4-13(16)5-3-11/h2-5,10,12H,6-9H2,1H3,(H,19,20). The van der Waals surface area contributed by atoms with E-state index in [0.29, 0.717) is 30.8 Å². The van der Waals surface area contributed by atoms with Crippen molar-refractivity contribution in [3.8, 4) is 0 Å².